The van der Waals surface area contributed by atoms with Gasteiger partial charge in [-0.15, -0.1) is 0 Å². The molecule has 13 N–H and O–H groups in total. The predicted molar refractivity (Wildman–Crippen MR) is 283 cm³/mol. The second-order valence-corrected chi connectivity index (χ2v) is 17.7. The molecule has 5 unspecified atom stereocenters. The zero-order valence-electron chi connectivity index (χ0n) is 41.0. The van der Waals surface area contributed by atoms with Gasteiger partial charge in [0.2, 0.25) is 17.7 Å². The van der Waals surface area contributed by atoms with Crippen molar-refractivity contribution in [3.05, 3.63) is 107 Å². The number of nitrogens with zero attached hydrogens (tertiary/aromatic N) is 2. The maximum absolute atomic E-state index is 13.7. The lowest BCUT2D eigenvalue weighted by molar-refractivity contribution is -0.141. The van der Waals surface area contributed by atoms with Gasteiger partial charge in [0.25, 0.3) is 11.8 Å². The number of nitrogens with one attached hydrogen (secondary N) is 8. The van der Waals surface area contributed by atoms with Crippen LogP contribution in [0.4, 0.5) is 10.6 Å². The molecule has 26 nitrogen and oxygen atoms in total. The number of halogens is 1. The van der Waals surface area contributed by atoms with E-state index in [2.05, 4.69) is 52.7 Å². The van der Waals surface area contributed by atoms with Crippen molar-refractivity contribution in [2.24, 2.45) is 5.10 Å². The van der Waals surface area contributed by atoms with Crippen LogP contribution >= 0.6 is 22.6 Å². The Bertz CT molecular complexity index is 2800. The van der Waals surface area contributed by atoms with Gasteiger partial charge in [0.1, 0.15) is 36.0 Å². The van der Waals surface area contributed by atoms with Gasteiger partial charge in [-0.2, -0.15) is 5.10 Å². The quantitative estimate of drug-likeness (QED) is 0.0144. The van der Waals surface area contributed by atoms with Crippen molar-refractivity contribution in [1.29, 1.82) is 0 Å². The summed E-state index contributed by atoms with van der Waals surface area (Å²) in [7, 11) is 0. The third-order valence-electron chi connectivity index (χ3n) is 11.4. The lowest BCUT2D eigenvalue weighted by Crippen LogP contribution is -2.53. The van der Waals surface area contributed by atoms with E-state index in [0.717, 1.165) is 10.8 Å². The minimum atomic E-state index is -1.58. The normalized spacial score (nSPS) is 12.8. The van der Waals surface area contributed by atoms with Crippen LogP contribution in [-0.4, -0.2) is 137 Å². The third-order valence-corrected chi connectivity index (χ3v) is 11.7. The first-order valence-corrected chi connectivity index (χ1v) is 25.0. The maximum Gasteiger partial charge on any atom is 0.326 e. The van der Waals surface area contributed by atoms with Crippen LogP contribution in [0.15, 0.2) is 90.2 Å². The first kappa shape index (κ1) is 60.8. The monoisotopic (exact) mass is 1180 g/mol. The number of carboxylic acids is 5. The molecule has 7 amide bonds. The number of carbonyl (C=O) groups excluding carboxylic acids is 6. The topological polar surface area (TPSA) is 410 Å². The highest BCUT2D eigenvalue weighted by atomic mass is 127. The number of amides is 7. The summed E-state index contributed by atoms with van der Waals surface area (Å²) in [5.41, 5.74) is 3.94. The smallest absolute Gasteiger partial charge is 0.326 e. The molecule has 0 bridgehead atoms. The fourth-order valence-corrected chi connectivity index (χ4v) is 7.50. The first-order valence-electron chi connectivity index (χ1n) is 23.8. The average molecular weight is 1180 g/mol. The Morgan fingerprint density at radius 3 is 1.65 bits per heavy atom. The van der Waals surface area contributed by atoms with E-state index in [1.807, 2.05) is 65.1 Å². The molecule has 0 aliphatic rings. The standard InChI is InChI=1S/C50H57IN10O16/c51-27-55-61-39-18-14-33(26-53-39)44(69)56-35(16-20-41(64)65)47(72)57-34(15-19-40(62)63)45(70)54-25-28-8-12-31(13-9-28)43(68)58-38(24-29-10-11-30-5-1-2-6-32(30)23-29)46(71)52-22-4-3-7-36(48(73)74)59-50(77)60-37(49(75)76)17-21-42(66)67/h1-2,5-6,8-14,18,23,26-27,34-38H,3-4,7,15-17,19-22,24-25H2,(H,52,71)(H,53,61)(H,54,70)(H,56,69)(H,57,72)(H,58,68)(H,62,63)(H,64,65)(H,66,67)(H,73,74)(H,75,76)(H2,59,60,77)/b55-27+. The minimum Gasteiger partial charge on any atom is -0.481 e. The van der Waals surface area contributed by atoms with Gasteiger partial charge in [0.15, 0.2) is 0 Å². The first-order chi connectivity index (χ1) is 36.7. The van der Waals surface area contributed by atoms with Gasteiger partial charge in [-0.05, 0) is 107 Å². The third kappa shape index (κ3) is 21.6. The van der Waals surface area contributed by atoms with Gasteiger partial charge < -0.3 is 62.8 Å². The number of fused-ring (bicyclic) bond motifs is 1. The number of carboxylic acid groups (broad SMARTS) is 5. The number of hydrogen-bond donors (Lipinski definition) is 13. The molecule has 0 saturated carbocycles. The van der Waals surface area contributed by atoms with E-state index in [4.69, 9.17) is 5.11 Å². The maximum atomic E-state index is 13.7. The fourth-order valence-electron chi connectivity index (χ4n) is 7.36. The molecule has 0 aliphatic carbocycles. The van der Waals surface area contributed by atoms with Gasteiger partial charge in [-0.25, -0.2) is 19.4 Å². The molecule has 0 radical (unpaired) electrons. The number of anilines is 1. The van der Waals surface area contributed by atoms with Crippen molar-refractivity contribution in [2.45, 2.75) is 101 Å². The lowest BCUT2D eigenvalue weighted by Gasteiger charge is -2.23. The Morgan fingerprint density at radius 2 is 1.06 bits per heavy atom. The summed E-state index contributed by atoms with van der Waals surface area (Å²) >= 11 is 1.88. The number of hydrazone groups is 1. The zero-order chi connectivity index (χ0) is 56.4. The van der Waals surface area contributed by atoms with Gasteiger partial charge >= 0.3 is 35.9 Å². The van der Waals surface area contributed by atoms with Crippen molar-refractivity contribution in [2.75, 3.05) is 12.0 Å². The number of aromatic nitrogens is 1. The van der Waals surface area contributed by atoms with Crippen LogP contribution in [0.5, 0.6) is 0 Å². The van der Waals surface area contributed by atoms with E-state index in [1.54, 1.807) is 0 Å². The van der Waals surface area contributed by atoms with Gasteiger partial charge in [-0.1, -0.05) is 54.6 Å². The summed E-state index contributed by atoms with van der Waals surface area (Å²) < 4.78 is 1.45. The molecule has 5 atom stereocenters. The number of hydrogen-bond acceptors (Lipinski definition) is 14. The largest absolute Gasteiger partial charge is 0.481 e. The predicted octanol–water partition coefficient (Wildman–Crippen LogP) is 2.35. The lowest BCUT2D eigenvalue weighted by atomic mass is 10.0. The van der Waals surface area contributed by atoms with E-state index < -0.39 is 121 Å². The summed E-state index contributed by atoms with van der Waals surface area (Å²) in [4.78, 5) is 141. The average Bonchev–Trinajstić information content (AvgIpc) is 3.40. The molecule has 0 spiro atoms. The second-order valence-electron chi connectivity index (χ2n) is 17.2. The number of aliphatic carboxylic acids is 5. The zero-order valence-corrected chi connectivity index (χ0v) is 43.2. The fraction of sp³-hybridized carbons (Fsp3) is 0.340. The Kier molecular flexibility index (Phi) is 24.6. The van der Waals surface area contributed by atoms with Crippen LogP contribution in [0.2, 0.25) is 0 Å². The molecule has 0 saturated heterocycles. The van der Waals surface area contributed by atoms with Crippen molar-refractivity contribution in [1.82, 2.24) is 42.2 Å². The van der Waals surface area contributed by atoms with Crippen molar-refractivity contribution in [3.8, 4) is 0 Å². The van der Waals surface area contributed by atoms with Crippen molar-refractivity contribution >= 4 is 109 Å². The SMILES string of the molecule is O=C(O)CCC(NC(=O)NC(CCCCNC(=O)C(Cc1ccc2ccccc2c1)NC(=O)c1ccc(CNC(=O)C(CCC(=O)O)NC(=O)C(CCC(=O)O)NC(=O)c2ccc(N/N=C/I)nc2)cc1)C(=O)O)C(=O)O. The van der Waals surface area contributed by atoms with Gasteiger partial charge in [-0.3, -0.25) is 43.8 Å². The molecule has 1 heterocycles. The van der Waals surface area contributed by atoms with Crippen LogP contribution in [0.25, 0.3) is 10.8 Å². The number of urea groups is 1. The summed E-state index contributed by atoms with van der Waals surface area (Å²) in [6.07, 6.45) is -1.31. The van der Waals surface area contributed by atoms with Crippen LogP contribution < -0.4 is 42.6 Å². The molecule has 0 fully saturated rings. The van der Waals surface area contributed by atoms with E-state index in [0.29, 0.717) is 16.9 Å². The Hall–Kier alpha value is -8.76. The molecule has 4 rings (SSSR count). The Morgan fingerprint density at radius 1 is 0.532 bits per heavy atom. The second kappa shape index (κ2) is 31.2. The Labute approximate surface area is 452 Å². The number of rotatable bonds is 32. The molecule has 3 aromatic carbocycles. The minimum absolute atomic E-state index is 0.0178. The van der Waals surface area contributed by atoms with E-state index in [9.17, 15) is 73.2 Å². The number of carbonyl (C=O) groups is 11. The molecular formula is C50H57IN10O16. The number of benzene rings is 3. The summed E-state index contributed by atoms with van der Waals surface area (Å²) in [5, 5.41) is 69.4. The summed E-state index contributed by atoms with van der Waals surface area (Å²) in [5.74, 6) is -10.2. The summed E-state index contributed by atoms with van der Waals surface area (Å²) in [6, 6.07) is 13.6. The van der Waals surface area contributed by atoms with Crippen LogP contribution in [-0.2, 0) is 51.3 Å². The molecule has 77 heavy (non-hydrogen) atoms. The van der Waals surface area contributed by atoms with E-state index in [1.165, 1.54) is 46.8 Å². The van der Waals surface area contributed by atoms with Crippen molar-refractivity contribution < 1.29 is 78.3 Å². The molecule has 410 valence electrons. The van der Waals surface area contributed by atoms with Gasteiger partial charge in [0.05, 0.1) is 9.78 Å². The van der Waals surface area contributed by atoms with Crippen LogP contribution in [0.1, 0.15) is 89.6 Å². The number of pyridine rings is 1. The molecular weight excluding hydrogens is 1120 g/mol. The van der Waals surface area contributed by atoms with E-state index in [-0.39, 0.29) is 62.7 Å². The van der Waals surface area contributed by atoms with Crippen LogP contribution in [0.3, 0.4) is 0 Å². The molecule has 4 aromatic rings. The highest BCUT2D eigenvalue weighted by Gasteiger charge is 2.29. The molecule has 0 aliphatic heterocycles. The highest BCUT2D eigenvalue weighted by Crippen LogP contribution is 2.18. The summed E-state index contributed by atoms with van der Waals surface area (Å²) in [6.45, 7) is -0.133. The van der Waals surface area contributed by atoms with Crippen molar-refractivity contribution in [3.63, 3.8) is 0 Å². The Balaban J connectivity index is 1.39. The van der Waals surface area contributed by atoms with Gasteiger partial charge in [0, 0.05) is 50.5 Å². The number of unbranched alkanes of at least 4 members (excludes halogenated alkanes) is 1. The van der Waals surface area contributed by atoms with E-state index >= 15 is 0 Å². The highest BCUT2D eigenvalue weighted by molar-refractivity contribution is 14.1. The van der Waals surface area contributed by atoms with Crippen LogP contribution in [0, 0.1) is 0 Å². The molecule has 1 aromatic heterocycles. The molecule has 27 heteroatoms.